The average molecular weight is 238 g/mol. The number of nitrogens with one attached hydrogen (secondary N) is 2. The van der Waals surface area contributed by atoms with Crippen molar-refractivity contribution < 1.29 is 9.47 Å². The van der Waals surface area contributed by atoms with Crippen LogP contribution in [0.3, 0.4) is 0 Å². The fraction of sp³-hybridized carbons (Fsp3) is 0.538. The van der Waals surface area contributed by atoms with Gasteiger partial charge in [0.1, 0.15) is 0 Å². The molecule has 0 aliphatic heterocycles. The number of rotatable bonds is 6. The molecule has 0 aromatic heterocycles. The Kier molecular flexibility index (Phi) is 4.63. The molecule has 0 heterocycles. The molecule has 2 N–H and O–H groups in total. The monoisotopic (exact) mass is 238 g/mol. The Morgan fingerprint density at radius 2 is 1.76 bits per heavy atom. The van der Waals surface area contributed by atoms with Crippen LogP contribution in [0.4, 0.5) is 5.69 Å². The van der Waals surface area contributed by atoms with Crippen molar-refractivity contribution in [1.82, 2.24) is 5.32 Å². The molecule has 1 rings (SSSR count). The highest BCUT2D eigenvalue weighted by molar-refractivity contribution is 5.55. The van der Waals surface area contributed by atoms with Crippen LogP contribution in [-0.2, 0) is 0 Å². The van der Waals surface area contributed by atoms with E-state index in [-0.39, 0.29) is 5.54 Å². The molecule has 0 spiro atoms. The van der Waals surface area contributed by atoms with Crippen LogP contribution in [0.2, 0.25) is 0 Å². The molecule has 96 valence electrons. The van der Waals surface area contributed by atoms with Gasteiger partial charge in [-0.25, -0.2) is 0 Å². The minimum Gasteiger partial charge on any atom is -0.493 e. The number of hydrogen-bond acceptors (Lipinski definition) is 4. The number of benzene rings is 1. The third-order valence-corrected chi connectivity index (χ3v) is 2.48. The third-order valence-electron chi connectivity index (χ3n) is 2.48. The fourth-order valence-electron chi connectivity index (χ4n) is 1.79. The Morgan fingerprint density at radius 1 is 1.12 bits per heavy atom. The molecular formula is C13H22N2O2. The molecule has 1 aromatic carbocycles. The summed E-state index contributed by atoms with van der Waals surface area (Å²) in [6.07, 6.45) is 0. The third kappa shape index (κ3) is 3.82. The van der Waals surface area contributed by atoms with Crippen molar-refractivity contribution in [2.24, 2.45) is 0 Å². The van der Waals surface area contributed by atoms with Gasteiger partial charge in [-0.05, 0) is 33.0 Å². The second kappa shape index (κ2) is 5.77. The van der Waals surface area contributed by atoms with Crippen molar-refractivity contribution in [2.45, 2.75) is 19.4 Å². The van der Waals surface area contributed by atoms with Crippen LogP contribution in [0.1, 0.15) is 13.8 Å². The van der Waals surface area contributed by atoms with Crippen molar-refractivity contribution in [3.05, 3.63) is 18.2 Å². The van der Waals surface area contributed by atoms with Crippen LogP contribution in [0.15, 0.2) is 18.2 Å². The number of ether oxygens (including phenoxy) is 2. The Balaban J connectivity index is 2.85. The number of hydrogen-bond donors (Lipinski definition) is 2. The Morgan fingerprint density at radius 3 is 2.29 bits per heavy atom. The highest BCUT2D eigenvalue weighted by Gasteiger charge is 2.16. The van der Waals surface area contributed by atoms with Gasteiger partial charge in [-0.1, -0.05) is 0 Å². The highest BCUT2D eigenvalue weighted by atomic mass is 16.5. The van der Waals surface area contributed by atoms with Crippen molar-refractivity contribution in [1.29, 1.82) is 0 Å². The lowest BCUT2D eigenvalue weighted by atomic mass is 10.1. The smallest absolute Gasteiger partial charge is 0.162 e. The van der Waals surface area contributed by atoms with E-state index >= 15 is 0 Å². The molecule has 4 heteroatoms. The van der Waals surface area contributed by atoms with Crippen LogP contribution in [0, 0.1) is 0 Å². The van der Waals surface area contributed by atoms with Gasteiger partial charge in [0.15, 0.2) is 11.5 Å². The van der Waals surface area contributed by atoms with E-state index in [0.29, 0.717) is 0 Å². The van der Waals surface area contributed by atoms with Gasteiger partial charge in [-0.2, -0.15) is 0 Å². The summed E-state index contributed by atoms with van der Waals surface area (Å²) in [6.45, 7) is 5.15. The van der Waals surface area contributed by atoms with Crippen molar-refractivity contribution >= 4 is 5.69 Å². The minimum absolute atomic E-state index is 0.0195. The number of anilines is 1. The van der Waals surface area contributed by atoms with E-state index in [9.17, 15) is 0 Å². The molecule has 0 radical (unpaired) electrons. The van der Waals surface area contributed by atoms with E-state index in [2.05, 4.69) is 24.5 Å². The van der Waals surface area contributed by atoms with Gasteiger partial charge in [-0.3, -0.25) is 0 Å². The van der Waals surface area contributed by atoms with Crippen LogP contribution >= 0.6 is 0 Å². The summed E-state index contributed by atoms with van der Waals surface area (Å²) in [5, 5.41) is 6.61. The first-order valence-electron chi connectivity index (χ1n) is 5.67. The fourth-order valence-corrected chi connectivity index (χ4v) is 1.79. The lowest BCUT2D eigenvalue weighted by Crippen LogP contribution is -2.40. The molecule has 0 unspecified atom stereocenters. The van der Waals surface area contributed by atoms with Gasteiger partial charge in [0.05, 0.1) is 14.2 Å². The predicted octanol–water partition coefficient (Wildman–Crippen LogP) is 2.11. The first kappa shape index (κ1) is 13.6. The SMILES string of the molecule is CNCC(C)(C)Nc1ccc(OC)c(OC)c1. The summed E-state index contributed by atoms with van der Waals surface area (Å²) in [6, 6.07) is 5.83. The van der Waals surface area contributed by atoms with Crippen LogP contribution in [0.25, 0.3) is 0 Å². The predicted molar refractivity (Wildman–Crippen MR) is 71.2 cm³/mol. The summed E-state index contributed by atoms with van der Waals surface area (Å²) >= 11 is 0. The Labute approximate surface area is 103 Å². The largest absolute Gasteiger partial charge is 0.493 e. The summed E-state index contributed by atoms with van der Waals surface area (Å²) in [5.41, 5.74) is 0.997. The first-order chi connectivity index (χ1) is 8.02. The molecule has 4 nitrogen and oxygen atoms in total. The average Bonchev–Trinajstić information content (AvgIpc) is 2.28. The van der Waals surface area contributed by atoms with E-state index in [0.717, 1.165) is 23.7 Å². The van der Waals surface area contributed by atoms with Crippen LogP contribution < -0.4 is 20.1 Å². The molecule has 0 fully saturated rings. The second-order valence-corrected chi connectivity index (χ2v) is 4.61. The van der Waals surface area contributed by atoms with Gasteiger partial charge >= 0.3 is 0 Å². The summed E-state index contributed by atoms with van der Waals surface area (Å²) in [7, 11) is 5.22. The topological polar surface area (TPSA) is 42.5 Å². The van der Waals surface area contributed by atoms with E-state index < -0.39 is 0 Å². The first-order valence-corrected chi connectivity index (χ1v) is 5.67. The minimum atomic E-state index is -0.0195. The highest BCUT2D eigenvalue weighted by Crippen LogP contribution is 2.30. The van der Waals surface area contributed by atoms with Gasteiger partial charge in [-0.15, -0.1) is 0 Å². The molecule has 0 saturated carbocycles. The molecule has 0 atom stereocenters. The van der Waals surface area contributed by atoms with E-state index in [1.807, 2.05) is 25.2 Å². The Bertz CT molecular complexity index is 364. The summed E-state index contributed by atoms with van der Waals surface area (Å²) in [5.74, 6) is 1.47. The number of methoxy groups -OCH3 is 2. The van der Waals surface area contributed by atoms with E-state index in [4.69, 9.17) is 9.47 Å². The van der Waals surface area contributed by atoms with Gasteiger partial charge in [0.2, 0.25) is 0 Å². The van der Waals surface area contributed by atoms with E-state index in [1.54, 1.807) is 14.2 Å². The molecule has 0 amide bonds. The maximum Gasteiger partial charge on any atom is 0.162 e. The molecular weight excluding hydrogens is 216 g/mol. The zero-order valence-electron chi connectivity index (χ0n) is 11.3. The van der Waals surface area contributed by atoms with Crippen LogP contribution in [-0.4, -0.2) is 33.4 Å². The maximum absolute atomic E-state index is 5.27. The molecule has 0 bridgehead atoms. The zero-order valence-corrected chi connectivity index (χ0v) is 11.3. The molecule has 1 aromatic rings. The molecule has 17 heavy (non-hydrogen) atoms. The zero-order chi connectivity index (χ0) is 12.9. The summed E-state index contributed by atoms with van der Waals surface area (Å²) in [4.78, 5) is 0. The second-order valence-electron chi connectivity index (χ2n) is 4.61. The van der Waals surface area contributed by atoms with Gasteiger partial charge in [0, 0.05) is 23.8 Å². The standard InChI is InChI=1S/C13H22N2O2/c1-13(2,9-14-3)15-10-6-7-11(16-4)12(8-10)17-5/h6-8,14-15H,9H2,1-5H3. The van der Waals surface area contributed by atoms with Crippen molar-refractivity contribution in [2.75, 3.05) is 33.1 Å². The van der Waals surface area contributed by atoms with Gasteiger partial charge < -0.3 is 20.1 Å². The van der Waals surface area contributed by atoms with Crippen molar-refractivity contribution in [3.63, 3.8) is 0 Å². The lowest BCUT2D eigenvalue weighted by Gasteiger charge is -2.27. The maximum atomic E-state index is 5.27. The van der Waals surface area contributed by atoms with Gasteiger partial charge in [0.25, 0.3) is 0 Å². The van der Waals surface area contributed by atoms with E-state index in [1.165, 1.54) is 0 Å². The molecule has 0 saturated heterocycles. The van der Waals surface area contributed by atoms with Crippen molar-refractivity contribution in [3.8, 4) is 11.5 Å². The number of likely N-dealkylation sites (N-methyl/N-ethyl adjacent to an activating group) is 1. The molecule has 0 aliphatic carbocycles. The van der Waals surface area contributed by atoms with Crippen LogP contribution in [0.5, 0.6) is 11.5 Å². The molecule has 0 aliphatic rings. The lowest BCUT2D eigenvalue weighted by molar-refractivity contribution is 0.355. The normalized spacial score (nSPS) is 11.1. The quantitative estimate of drug-likeness (QED) is 0.796. The Hall–Kier alpha value is -1.42. The summed E-state index contributed by atoms with van der Waals surface area (Å²) < 4.78 is 10.5.